The van der Waals surface area contributed by atoms with Crippen LogP contribution in [-0.4, -0.2) is 37.9 Å². The Balaban J connectivity index is 2.16. The van der Waals surface area contributed by atoms with Gasteiger partial charge in [-0.25, -0.2) is 4.98 Å². The van der Waals surface area contributed by atoms with Gasteiger partial charge < -0.3 is 15.6 Å². The molecule has 0 aliphatic rings. The number of nitrogens with two attached hydrogens (primary N) is 1. The lowest BCUT2D eigenvalue weighted by Gasteiger charge is -2.11. The van der Waals surface area contributed by atoms with E-state index in [1.165, 1.54) is 7.11 Å². The van der Waals surface area contributed by atoms with Crippen molar-refractivity contribution in [2.24, 2.45) is 0 Å². The summed E-state index contributed by atoms with van der Waals surface area (Å²) in [5.74, 6) is -0.246. The lowest BCUT2D eigenvalue weighted by atomic mass is 9.99. The highest BCUT2D eigenvalue weighted by atomic mass is 16.5. The van der Waals surface area contributed by atoms with Gasteiger partial charge in [-0.05, 0) is 26.0 Å². The molecule has 3 aromatic rings. The van der Waals surface area contributed by atoms with Gasteiger partial charge in [0.15, 0.2) is 0 Å². The molecule has 9 nitrogen and oxygen atoms in total. The molecule has 0 saturated carbocycles. The van der Waals surface area contributed by atoms with Gasteiger partial charge in [-0.3, -0.25) is 14.5 Å². The fourth-order valence-corrected chi connectivity index (χ4v) is 3.20. The molecule has 3 rings (SSSR count). The largest absolute Gasteiger partial charge is 0.495 e. The highest BCUT2D eigenvalue weighted by Crippen LogP contribution is 2.34. The van der Waals surface area contributed by atoms with Crippen molar-refractivity contribution in [2.45, 2.75) is 26.8 Å². The second-order valence-corrected chi connectivity index (χ2v) is 6.45. The number of carboxylic acid groups (broad SMARTS) is 1. The van der Waals surface area contributed by atoms with Gasteiger partial charge in [-0.15, -0.1) is 0 Å². The zero-order chi connectivity index (χ0) is 21.1. The van der Waals surface area contributed by atoms with Gasteiger partial charge in [0.25, 0.3) is 0 Å². The Labute approximate surface area is 167 Å². The lowest BCUT2D eigenvalue weighted by molar-refractivity contribution is -0.137. The van der Waals surface area contributed by atoms with Crippen LogP contribution in [0.25, 0.3) is 22.4 Å². The van der Waals surface area contributed by atoms with Crippen LogP contribution in [0.5, 0.6) is 5.75 Å². The minimum Gasteiger partial charge on any atom is -0.495 e. The first kappa shape index (κ1) is 19.8. The molecule has 0 saturated heterocycles. The molecule has 0 aliphatic carbocycles. The third kappa shape index (κ3) is 3.87. The van der Waals surface area contributed by atoms with E-state index >= 15 is 0 Å². The molecular formula is C20H20N6O3. The lowest BCUT2D eigenvalue weighted by Crippen LogP contribution is -2.07. The van der Waals surface area contributed by atoms with Crippen molar-refractivity contribution in [3.63, 3.8) is 0 Å². The normalized spacial score (nSPS) is 10.6. The molecule has 0 atom stereocenters. The molecule has 3 aromatic heterocycles. The molecule has 0 radical (unpaired) electrons. The minimum atomic E-state index is -0.896. The van der Waals surface area contributed by atoms with Gasteiger partial charge in [0.05, 0.1) is 37.7 Å². The number of rotatable bonds is 6. The van der Waals surface area contributed by atoms with Crippen molar-refractivity contribution in [1.82, 2.24) is 19.7 Å². The first-order chi connectivity index (χ1) is 13.8. The summed E-state index contributed by atoms with van der Waals surface area (Å²) in [6.45, 7) is 3.92. The first-order valence-electron chi connectivity index (χ1n) is 8.82. The van der Waals surface area contributed by atoms with Gasteiger partial charge in [0.2, 0.25) is 0 Å². The summed E-state index contributed by atoms with van der Waals surface area (Å²) in [7, 11) is 1.54. The molecule has 3 N–H and O–H groups in total. The van der Waals surface area contributed by atoms with E-state index < -0.39 is 5.97 Å². The van der Waals surface area contributed by atoms with Crippen molar-refractivity contribution in [2.75, 3.05) is 12.8 Å². The van der Waals surface area contributed by atoms with Gasteiger partial charge in [0.1, 0.15) is 23.2 Å². The quantitative estimate of drug-likeness (QED) is 0.652. The SMILES string of the molecule is COc1cncc(-c2cc(-c3c(C)nn(CCC(=O)O)c3C)nc(N)c2C#N)c1. The number of nitrogen functional groups attached to an aromatic ring is 1. The van der Waals surface area contributed by atoms with E-state index in [0.29, 0.717) is 28.3 Å². The van der Waals surface area contributed by atoms with Crippen molar-refractivity contribution < 1.29 is 14.6 Å². The van der Waals surface area contributed by atoms with Crippen LogP contribution in [0.15, 0.2) is 24.5 Å². The van der Waals surface area contributed by atoms with Gasteiger partial charge in [-0.2, -0.15) is 10.4 Å². The van der Waals surface area contributed by atoms with E-state index in [9.17, 15) is 10.1 Å². The Morgan fingerprint density at radius 2 is 2.10 bits per heavy atom. The van der Waals surface area contributed by atoms with E-state index in [2.05, 4.69) is 21.1 Å². The Hall–Kier alpha value is -3.93. The van der Waals surface area contributed by atoms with Gasteiger partial charge >= 0.3 is 5.97 Å². The maximum atomic E-state index is 10.9. The number of aromatic nitrogens is 4. The molecule has 0 unspecified atom stereocenters. The Bertz CT molecular complexity index is 1130. The van der Waals surface area contributed by atoms with Gasteiger partial charge in [0, 0.05) is 28.6 Å². The summed E-state index contributed by atoms with van der Waals surface area (Å²) < 4.78 is 6.87. The van der Waals surface area contributed by atoms with E-state index in [4.69, 9.17) is 15.6 Å². The smallest absolute Gasteiger partial charge is 0.305 e. The fourth-order valence-electron chi connectivity index (χ4n) is 3.20. The van der Waals surface area contributed by atoms with E-state index in [-0.39, 0.29) is 24.3 Å². The molecule has 0 fully saturated rings. The second-order valence-electron chi connectivity index (χ2n) is 6.45. The number of hydrogen-bond acceptors (Lipinski definition) is 7. The molecule has 0 aliphatic heterocycles. The Kier molecular flexibility index (Phi) is 5.45. The number of ether oxygens (including phenoxy) is 1. The average Bonchev–Trinajstić information content (AvgIpc) is 2.99. The van der Waals surface area contributed by atoms with Crippen molar-refractivity contribution in [1.29, 1.82) is 5.26 Å². The number of nitriles is 1. The predicted molar refractivity (Wildman–Crippen MR) is 106 cm³/mol. The average molecular weight is 392 g/mol. The summed E-state index contributed by atoms with van der Waals surface area (Å²) in [5, 5.41) is 23.0. The van der Waals surface area contributed by atoms with Crippen LogP contribution in [0.2, 0.25) is 0 Å². The number of carbonyl (C=O) groups is 1. The predicted octanol–water partition coefficient (Wildman–Crippen LogP) is 2.56. The molecule has 9 heteroatoms. The number of aryl methyl sites for hydroxylation is 2. The maximum Gasteiger partial charge on any atom is 0.305 e. The molecule has 0 aromatic carbocycles. The summed E-state index contributed by atoms with van der Waals surface area (Å²) >= 11 is 0. The highest BCUT2D eigenvalue weighted by molar-refractivity contribution is 5.81. The third-order valence-electron chi connectivity index (χ3n) is 4.59. The summed E-state index contributed by atoms with van der Waals surface area (Å²) in [4.78, 5) is 19.5. The first-order valence-corrected chi connectivity index (χ1v) is 8.82. The van der Waals surface area contributed by atoms with E-state index in [0.717, 1.165) is 11.3 Å². The topological polar surface area (TPSA) is 140 Å². The van der Waals surface area contributed by atoms with Crippen LogP contribution in [0.1, 0.15) is 23.4 Å². The van der Waals surface area contributed by atoms with Gasteiger partial charge in [-0.1, -0.05) is 0 Å². The van der Waals surface area contributed by atoms with Crippen molar-refractivity contribution in [3.8, 4) is 34.2 Å². The number of hydrogen-bond donors (Lipinski definition) is 2. The number of pyridine rings is 2. The number of aliphatic carboxylic acids is 1. The zero-order valence-electron chi connectivity index (χ0n) is 16.3. The Morgan fingerprint density at radius 3 is 2.76 bits per heavy atom. The zero-order valence-corrected chi connectivity index (χ0v) is 16.3. The van der Waals surface area contributed by atoms with Crippen LogP contribution in [0.3, 0.4) is 0 Å². The summed E-state index contributed by atoms with van der Waals surface area (Å²) in [6, 6.07) is 5.64. The highest BCUT2D eigenvalue weighted by Gasteiger charge is 2.20. The standard InChI is InChI=1S/C20H20N6O3/c1-11-19(12(2)26(25-11)5-4-18(27)28)17-7-15(16(8-21)20(22)24-17)13-6-14(29-3)10-23-9-13/h6-7,9-10H,4-5H2,1-3H3,(H2,22,24)(H,27,28). The van der Waals surface area contributed by atoms with Crippen LogP contribution in [0.4, 0.5) is 5.82 Å². The molecule has 0 amide bonds. The molecule has 3 heterocycles. The molecule has 148 valence electrons. The summed E-state index contributed by atoms with van der Waals surface area (Å²) in [5.41, 5.74) is 10.4. The van der Waals surface area contributed by atoms with Crippen LogP contribution < -0.4 is 10.5 Å². The third-order valence-corrected chi connectivity index (χ3v) is 4.59. The fraction of sp³-hybridized carbons (Fsp3) is 0.250. The van der Waals surface area contributed by atoms with E-state index in [1.54, 1.807) is 29.2 Å². The van der Waals surface area contributed by atoms with Crippen LogP contribution in [0, 0.1) is 25.2 Å². The van der Waals surface area contributed by atoms with Crippen LogP contribution >= 0.6 is 0 Å². The number of methoxy groups -OCH3 is 1. The second kappa shape index (κ2) is 7.98. The molecule has 0 spiro atoms. The Morgan fingerprint density at radius 1 is 1.34 bits per heavy atom. The maximum absolute atomic E-state index is 10.9. The van der Waals surface area contributed by atoms with Crippen molar-refractivity contribution >= 4 is 11.8 Å². The minimum absolute atomic E-state index is 0.0366. The molecular weight excluding hydrogens is 372 g/mol. The number of anilines is 1. The monoisotopic (exact) mass is 392 g/mol. The number of nitrogens with zero attached hydrogens (tertiary/aromatic N) is 5. The molecule has 0 bridgehead atoms. The molecule has 29 heavy (non-hydrogen) atoms. The van der Waals surface area contributed by atoms with E-state index in [1.807, 2.05) is 13.8 Å². The summed E-state index contributed by atoms with van der Waals surface area (Å²) in [6.07, 6.45) is 3.16. The van der Waals surface area contributed by atoms with Crippen LogP contribution in [-0.2, 0) is 11.3 Å². The number of carboxylic acids is 1. The van der Waals surface area contributed by atoms with Crippen molar-refractivity contribution in [3.05, 3.63) is 41.5 Å².